The molecule has 2 saturated carbocycles. The molecule has 6 nitrogen and oxygen atoms in total. The first kappa shape index (κ1) is 16.8. The topological polar surface area (TPSA) is 73.2 Å². The lowest BCUT2D eigenvalue weighted by molar-refractivity contribution is -0.124. The van der Waals surface area contributed by atoms with Gasteiger partial charge in [0.2, 0.25) is 0 Å². The van der Waals surface area contributed by atoms with Crippen LogP contribution in [0.25, 0.3) is 5.69 Å². The molecule has 1 heterocycles. The fourth-order valence-corrected chi connectivity index (χ4v) is 3.43. The monoisotopic (exact) mass is 353 g/mol. The van der Waals surface area contributed by atoms with Crippen molar-refractivity contribution in [2.24, 2.45) is 0 Å². The van der Waals surface area contributed by atoms with Gasteiger partial charge < -0.3 is 10.1 Å². The van der Waals surface area contributed by atoms with Crippen molar-refractivity contribution >= 4 is 11.9 Å². The molecular formula is C20H23N3O3. The molecule has 4 rings (SSSR count). The highest BCUT2D eigenvalue weighted by Crippen LogP contribution is 2.39. The molecule has 1 aromatic heterocycles. The molecule has 136 valence electrons. The number of ether oxygens (including phenoxy) is 1. The number of hydrogen-bond acceptors (Lipinski definition) is 4. The van der Waals surface area contributed by atoms with Crippen molar-refractivity contribution in [1.82, 2.24) is 15.1 Å². The summed E-state index contributed by atoms with van der Waals surface area (Å²) in [5.41, 5.74) is 2.09. The summed E-state index contributed by atoms with van der Waals surface area (Å²) in [5.74, 6) is -0.328. The standard InChI is InChI=1S/C20H23N3O3/c24-19(21-15-6-4-5-7-15)13-26-20(25)18-12-17(14-10-11-14)22-23(18)16-8-2-1-3-9-16/h1-3,8-9,12,14-15H,4-7,10-11,13H2,(H,21,24). The molecule has 2 aliphatic rings. The third kappa shape index (κ3) is 3.79. The highest BCUT2D eigenvalue weighted by Gasteiger charge is 2.29. The number of nitrogens with zero attached hydrogens (tertiary/aromatic N) is 2. The number of nitrogens with one attached hydrogen (secondary N) is 1. The first-order valence-corrected chi connectivity index (χ1v) is 9.32. The lowest BCUT2D eigenvalue weighted by Gasteiger charge is -2.12. The first-order valence-electron chi connectivity index (χ1n) is 9.32. The quantitative estimate of drug-likeness (QED) is 0.811. The molecule has 0 unspecified atom stereocenters. The van der Waals surface area contributed by atoms with Crippen molar-refractivity contribution in [3.63, 3.8) is 0 Å². The maximum atomic E-state index is 12.6. The molecule has 0 radical (unpaired) electrons. The van der Waals surface area contributed by atoms with Crippen LogP contribution in [0.2, 0.25) is 0 Å². The number of para-hydroxylation sites is 1. The number of hydrogen-bond donors (Lipinski definition) is 1. The van der Waals surface area contributed by atoms with E-state index in [1.54, 1.807) is 10.7 Å². The Labute approximate surface area is 152 Å². The summed E-state index contributed by atoms with van der Waals surface area (Å²) in [4.78, 5) is 24.6. The van der Waals surface area contributed by atoms with E-state index in [0.29, 0.717) is 11.6 Å². The molecular weight excluding hydrogens is 330 g/mol. The van der Waals surface area contributed by atoms with Crippen LogP contribution in [-0.4, -0.2) is 34.3 Å². The first-order chi connectivity index (χ1) is 12.7. The van der Waals surface area contributed by atoms with E-state index in [2.05, 4.69) is 10.4 Å². The summed E-state index contributed by atoms with van der Waals surface area (Å²) in [6, 6.07) is 11.5. The minimum atomic E-state index is -0.519. The van der Waals surface area contributed by atoms with Gasteiger partial charge in [-0.15, -0.1) is 0 Å². The molecule has 0 atom stereocenters. The van der Waals surface area contributed by atoms with Crippen LogP contribution in [0, 0.1) is 0 Å². The summed E-state index contributed by atoms with van der Waals surface area (Å²) in [5, 5.41) is 7.52. The average molecular weight is 353 g/mol. The normalized spacial score (nSPS) is 17.2. The summed E-state index contributed by atoms with van der Waals surface area (Å²) in [7, 11) is 0. The van der Waals surface area contributed by atoms with Crippen molar-refractivity contribution in [2.45, 2.75) is 50.5 Å². The van der Waals surface area contributed by atoms with Crippen molar-refractivity contribution in [3.8, 4) is 5.69 Å². The second kappa shape index (κ2) is 7.32. The molecule has 1 aromatic carbocycles. The number of carbonyl (C=O) groups is 2. The third-order valence-corrected chi connectivity index (χ3v) is 4.99. The number of aromatic nitrogens is 2. The van der Waals surface area contributed by atoms with Crippen LogP contribution in [0.1, 0.15) is 60.6 Å². The Kier molecular flexibility index (Phi) is 4.73. The Morgan fingerprint density at radius 2 is 1.85 bits per heavy atom. The predicted molar refractivity (Wildman–Crippen MR) is 96.2 cm³/mol. The van der Waals surface area contributed by atoms with Gasteiger partial charge in [0.25, 0.3) is 5.91 Å². The molecule has 1 N–H and O–H groups in total. The van der Waals surface area contributed by atoms with Crippen molar-refractivity contribution < 1.29 is 14.3 Å². The molecule has 2 fully saturated rings. The summed E-state index contributed by atoms with van der Waals surface area (Å²) >= 11 is 0. The lowest BCUT2D eigenvalue weighted by atomic mass is 10.2. The van der Waals surface area contributed by atoms with E-state index in [-0.39, 0.29) is 18.6 Å². The molecule has 26 heavy (non-hydrogen) atoms. The van der Waals surface area contributed by atoms with Gasteiger partial charge >= 0.3 is 5.97 Å². The summed E-state index contributed by atoms with van der Waals surface area (Å²) < 4.78 is 6.88. The second-order valence-corrected chi connectivity index (χ2v) is 7.10. The molecule has 2 aliphatic carbocycles. The fraction of sp³-hybridized carbons (Fsp3) is 0.450. The van der Waals surface area contributed by atoms with Crippen molar-refractivity contribution in [2.75, 3.05) is 6.61 Å². The Balaban J connectivity index is 1.45. The van der Waals surface area contributed by atoms with E-state index in [9.17, 15) is 9.59 Å². The van der Waals surface area contributed by atoms with E-state index in [4.69, 9.17) is 4.74 Å². The van der Waals surface area contributed by atoms with E-state index >= 15 is 0 Å². The molecule has 0 aliphatic heterocycles. The maximum absolute atomic E-state index is 12.6. The van der Waals surface area contributed by atoms with Crippen LogP contribution in [0.5, 0.6) is 0 Å². The Morgan fingerprint density at radius 3 is 2.54 bits per heavy atom. The number of benzene rings is 1. The summed E-state index contributed by atoms with van der Waals surface area (Å²) in [6.45, 7) is -0.256. The van der Waals surface area contributed by atoms with Gasteiger partial charge in [0.1, 0.15) is 0 Å². The van der Waals surface area contributed by atoms with E-state index in [1.807, 2.05) is 30.3 Å². The zero-order valence-electron chi connectivity index (χ0n) is 14.7. The molecule has 6 heteroatoms. The maximum Gasteiger partial charge on any atom is 0.357 e. The zero-order chi connectivity index (χ0) is 17.9. The number of esters is 1. The van der Waals surface area contributed by atoms with Gasteiger partial charge in [-0.05, 0) is 43.9 Å². The Bertz CT molecular complexity index is 790. The number of carbonyl (C=O) groups excluding carboxylic acids is 2. The molecule has 0 saturated heterocycles. The third-order valence-electron chi connectivity index (χ3n) is 4.99. The lowest BCUT2D eigenvalue weighted by Crippen LogP contribution is -2.36. The van der Waals surface area contributed by atoms with Gasteiger partial charge in [0, 0.05) is 12.0 Å². The van der Waals surface area contributed by atoms with E-state index in [0.717, 1.165) is 49.9 Å². The highest BCUT2D eigenvalue weighted by atomic mass is 16.5. The molecule has 1 amide bonds. The summed E-state index contributed by atoms with van der Waals surface area (Å²) in [6.07, 6.45) is 6.50. The van der Waals surface area contributed by atoms with Gasteiger partial charge in [0.15, 0.2) is 12.3 Å². The predicted octanol–water partition coefficient (Wildman–Crippen LogP) is 2.97. The van der Waals surface area contributed by atoms with Crippen LogP contribution < -0.4 is 5.32 Å². The second-order valence-electron chi connectivity index (χ2n) is 7.10. The smallest absolute Gasteiger partial charge is 0.357 e. The van der Waals surface area contributed by atoms with Gasteiger partial charge in [-0.25, -0.2) is 9.48 Å². The van der Waals surface area contributed by atoms with Crippen molar-refractivity contribution in [1.29, 1.82) is 0 Å². The number of amides is 1. The van der Waals surface area contributed by atoms with Crippen LogP contribution >= 0.6 is 0 Å². The van der Waals surface area contributed by atoms with Crippen LogP contribution in [0.15, 0.2) is 36.4 Å². The molecule has 0 bridgehead atoms. The minimum Gasteiger partial charge on any atom is -0.451 e. The van der Waals surface area contributed by atoms with E-state index in [1.165, 1.54) is 0 Å². The molecule has 0 spiro atoms. The Hall–Kier alpha value is -2.63. The molecule has 2 aromatic rings. The zero-order valence-corrected chi connectivity index (χ0v) is 14.7. The van der Waals surface area contributed by atoms with Crippen LogP contribution in [-0.2, 0) is 9.53 Å². The average Bonchev–Trinajstić information content (AvgIpc) is 3.20. The van der Waals surface area contributed by atoms with Gasteiger partial charge in [-0.1, -0.05) is 31.0 Å². The van der Waals surface area contributed by atoms with E-state index < -0.39 is 5.97 Å². The van der Waals surface area contributed by atoms with Crippen LogP contribution in [0.3, 0.4) is 0 Å². The minimum absolute atomic E-state index is 0.220. The van der Waals surface area contributed by atoms with Crippen LogP contribution in [0.4, 0.5) is 0 Å². The van der Waals surface area contributed by atoms with Gasteiger partial charge in [-0.2, -0.15) is 5.10 Å². The Morgan fingerprint density at radius 1 is 1.12 bits per heavy atom. The van der Waals surface area contributed by atoms with Crippen molar-refractivity contribution in [3.05, 3.63) is 47.8 Å². The largest absolute Gasteiger partial charge is 0.451 e. The highest BCUT2D eigenvalue weighted by molar-refractivity contribution is 5.90. The SMILES string of the molecule is O=C(COC(=O)c1cc(C2CC2)nn1-c1ccccc1)NC1CCCC1. The van der Waals surface area contributed by atoms with Gasteiger partial charge in [0.05, 0.1) is 11.4 Å². The fourth-order valence-electron chi connectivity index (χ4n) is 3.43. The van der Waals surface area contributed by atoms with Gasteiger partial charge in [-0.3, -0.25) is 4.79 Å². The number of rotatable bonds is 6.